The first-order chi connectivity index (χ1) is 13.9. The van der Waals surface area contributed by atoms with Crippen LogP contribution in [0.4, 0.5) is 0 Å². The van der Waals surface area contributed by atoms with Crippen LogP contribution in [-0.2, 0) is 16.4 Å². The summed E-state index contributed by atoms with van der Waals surface area (Å²) >= 11 is 11.9. The van der Waals surface area contributed by atoms with Gasteiger partial charge in [0.15, 0.2) is 0 Å². The minimum Gasteiger partial charge on any atom is -0.488 e. The van der Waals surface area contributed by atoms with Crippen molar-refractivity contribution in [2.75, 3.05) is 0 Å². The Bertz CT molecular complexity index is 1200. The van der Waals surface area contributed by atoms with Gasteiger partial charge < -0.3 is 4.74 Å². The number of nitriles is 1. The average molecular weight is 445 g/mol. The lowest BCUT2D eigenvalue weighted by molar-refractivity contribution is 0.305. The van der Waals surface area contributed by atoms with E-state index in [-0.39, 0.29) is 21.5 Å². The summed E-state index contributed by atoms with van der Waals surface area (Å²) in [6.45, 7) is 0.244. The molecule has 0 aliphatic rings. The van der Waals surface area contributed by atoms with Crippen molar-refractivity contribution in [1.29, 1.82) is 5.26 Å². The SMILES string of the molecule is N#C/C(=C\c1ccccc1OCc1cccnc1)S(=O)(=O)c1cc(Cl)ccc1Cl. The van der Waals surface area contributed by atoms with E-state index in [1.807, 2.05) is 6.07 Å². The second-order valence-corrected chi connectivity index (χ2v) is 8.62. The molecule has 0 aliphatic heterocycles. The molecule has 5 nitrogen and oxygen atoms in total. The molecule has 0 N–H and O–H groups in total. The van der Waals surface area contributed by atoms with Crippen molar-refractivity contribution in [2.45, 2.75) is 11.5 Å². The largest absolute Gasteiger partial charge is 0.488 e. The van der Waals surface area contributed by atoms with Crippen LogP contribution < -0.4 is 4.74 Å². The van der Waals surface area contributed by atoms with E-state index in [9.17, 15) is 13.7 Å². The Balaban J connectivity index is 1.97. The maximum absolute atomic E-state index is 12.9. The van der Waals surface area contributed by atoms with Crippen molar-refractivity contribution in [3.8, 4) is 11.8 Å². The molecule has 0 amide bonds. The van der Waals surface area contributed by atoms with Gasteiger partial charge in [0.05, 0.1) is 9.92 Å². The van der Waals surface area contributed by atoms with Gasteiger partial charge in [-0.3, -0.25) is 4.98 Å². The third kappa shape index (κ3) is 4.96. The van der Waals surface area contributed by atoms with Gasteiger partial charge in [0, 0.05) is 28.5 Å². The summed E-state index contributed by atoms with van der Waals surface area (Å²) in [7, 11) is -4.17. The van der Waals surface area contributed by atoms with Crippen LogP contribution >= 0.6 is 23.2 Å². The zero-order valence-electron chi connectivity index (χ0n) is 14.9. The fourth-order valence-corrected chi connectivity index (χ4v) is 4.39. The third-order valence-electron chi connectivity index (χ3n) is 3.91. The molecule has 0 unspecified atom stereocenters. The first-order valence-corrected chi connectivity index (χ1v) is 10.6. The highest BCUT2D eigenvalue weighted by Gasteiger charge is 2.24. The lowest BCUT2D eigenvalue weighted by Crippen LogP contribution is -2.05. The number of aromatic nitrogens is 1. The van der Waals surface area contributed by atoms with E-state index in [0.717, 1.165) is 5.56 Å². The van der Waals surface area contributed by atoms with Gasteiger partial charge in [0.1, 0.15) is 23.3 Å². The van der Waals surface area contributed by atoms with Gasteiger partial charge in [0.25, 0.3) is 0 Å². The average Bonchev–Trinajstić information content (AvgIpc) is 2.73. The van der Waals surface area contributed by atoms with E-state index < -0.39 is 14.7 Å². The molecule has 0 aliphatic carbocycles. The van der Waals surface area contributed by atoms with Crippen LogP contribution in [0.2, 0.25) is 10.0 Å². The molecular weight excluding hydrogens is 431 g/mol. The summed E-state index contributed by atoms with van der Waals surface area (Å²) in [4.78, 5) is 3.32. The van der Waals surface area contributed by atoms with Gasteiger partial charge in [0.2, 0.25) is 9.84 Å². The first-order valence-electron chi connectivity index (χ1n) is 8.34. The zero-order valence-corrected chi connectivity index (χ0v) is 17.2. The summed E-state index contributed by atoms with van der Waals surface area (Å²) in [5.41, 5.74) is 1.29. The number of para-hydroxylation sites is 1. The highest BCUT2D eigenvalue weighted by molar-refractivity contribution is 7.95. The second-order valence-electron chi connectivity index (χ2n) is 5.89. The Morgan fingerprint density at radius 1 is 1.14 bits per heavy atom. The molecule has 3 aromatic rings. The lowest BCUT2D eigenvalue weighted by Gasteiger charge is -2.10. The van der Waals surface area contributed by atoms with Crippen LogP contribution in [0.5, 0.6) is 5.75 Å². The topological polar surface area (TPSA) is 80.0 Å². The van der Waals surface area contributed by atoms with E-state index in [1.54, 1.807) is 48.8 Å². The van der Waals surface area contributed by atoms with Gasteiger partial charge in [-0.1, -0.05) is 47.5 Å². The van der Waals surface area contributed by atoms with E-state index in [0.29, 0.717) is 11.3 Å². The number of hydrogen-bond donors (Lipinski definition) is 0. The Morgan fingerprint density at radius 3 is 2.66 bits per heavy atom. The number of benzene rings is 2. The molecule has 1 aromatic heterocycles. The summed E-state index contributed by atoms with van der Waals surface area (Å²) in [5.74, 6) is 0.427. The summed E-state index contributed by atoms with van der Waals surface area (Å²) in [6.07, 6.45) is 4.58. The normalized spacial score (nSPS) is 11.7. The molecule has 0 radical (unpaired) electrons. The van der Waals surface area contributed by atoms with Crippen molar-refractivity contribution in [2.24, 2.45) is 0 Å². The Morgan fingerprint density at radius 2 is 1.93 bits per heavy atom. The standard InChI is InChI=1S/C21H14Cl2N2O3S/c22-17-7-8-19(23)21(11-17)29(26,27)18(12-24)10-16-5-1-2-6-20(16)28-14-15-4-3-9-25-13-15/h1-11,13H,14H2/b18-10+. The van der Waals surface area contributed by atoms with Crippen molar-refractivity contribution >= 4 is 39.1 Å². The third-order valence-corrected chi connectivity index (χ3v) is 6.29. The molecule has 0 spiro atoms. The number of rotatable bonds is 6. The maximum atomic E-state index is 12.9. The van der Waals surface area contributed by atoms with Gasteiger partial charge in [-0.25, -0.2) is 8.42 Å². The minimum atomic E-state index is -4.17. The molecule has 0 atom stereocenters. The molecule has 8 heteroatoms. The van der Waals surface area contributed by atoms with Crippen molar-refractivity contribution in [1.82, 2.24) is 4.98 Å². The highest BCUT2D eigenvalue weighted by atomic mass is 35.5. The molecule has 0 fully saturated rings. The Hall–Kier alpha value is -2.85. The fourth-order valence-electron chi connectivity index (χ4n) is 2.49. The minimum absolute atomic E-state index is 0.0170. The number of ether oxygens (including phenoxy) is 1. The van der Waals surface area contributed by atoms with Gasteiger partial charge in [-0.15, -0.1) is 0 Å². The van der Waals surface area contributed by atoms with E-state index in [1.165, 1.54) is 24.3 Å². The quantitative estimate of drug-likeness (QED) is 0.481. The summed E-state index contributed by atoms with van der Waals surface area (Å²) < 4.78 is 31.7. The number of pyridine rings is 1. The van der Waals surface area contributed by atoms with Crippen molar-refractivity contribution in [3.63, 3.8) is 0 Å². The lowest BCUT2D eigenvalue weighted by atomic mass is 10.2. The van der Waals surface area contributed by atoms with Crippen molar-refractivity contribution < 1.29 is 13.2 Å². The summed E-state index contributed by atoms with van der Waals surface area (Å²) in [6, 6.07) is 16.3. The number of halogens is 2. The van der Waals surface area contributed by atoms with Crippen LogP contribution in [0.1, 0.15) is 11.1 Å². The van der Waals surface area contributed by atoms with Crippen LogP contribution in [0.3, 0.4) is 0 Å². The predicted octanol–water partition coefficient (Wildman–Crippen LogP) is 5.31. The fraction of sp³-hybridized carbons (Fsp3) is 0.0476. The van der Waals surface area contributed by atoms with Crippen LogP contribution in [-0.4, -0.2) is 13.4 Å². The molecule has 29 heavy (non-hydrogen) atoms. The van der Waals surface area contributed by atoms with Crippen LogP contribution in [0.25, 0.3) is 6.08 Å². The highest BCUT2D eigenvalue weighted by Crippen LogP contribution is 2.31. The molecule has 0 bridgehead atoms. The molecule has 3 rings (SSSR count). The van der Waals surface area contributed by atoms with Gasteiger partial charge >= 0.3 is 0 Å². The predicted molar refractivity (Wildman–Crippen MR) is 112 cm³/mol. The van der Waals surface area contributed by atoms with E-state index >= 15 is 0 Å². The monoisotopic (exact) mass is 444 g/mol. The molecule has 146 valence electrons. The maximum Gasteiger partial charge on any atom is 0.218 e. The molecule has 2 aromatic carbocycles. The Kier molecular flexibility index (Phi) is 6.55. The molecular formula is C21H14Cl2N2O3S. The second kappa shape index (κ2) is 9.10. The number of allylic oxidation sites excluding steroid dienone is 1. The van der Waals surface area contributed by atoms with Crippen LogP contribution in [0.15, 0.2) is 76.8 Å². The Labute approximate surface area is 178 Å². The molecule has 0 saturated carbocycles. The van der Waals surface area contributed by atoms with E-state index in [4.69, 9.17) is 27.9 Å². The summed E-state index contributed by atoms with van der Waals surface area (Å²) in [5, 5.41) is 9.70. The van der Waals surface area contributed by atoms with E-state index in [2.05, 4.69) is 4.98 Å². The zero-order chi connectivity index (χ0) is 20.9. The molecule has 1 heterocycles. The first kappa shape index (κ1) is 20.9. The smallest absolute Gasteiger partial charge is 0.218 e. The number of nitrogens with zero attached hydrogens (tertiary/aromatic N) is 2. The van der Waals surface area contributed by atoms with Crippen LogP contribution in [0, 0.1) is 11.3 Å². The number of sulfone groups is 1. The molecule has 0 saturated heterocycles. The van der Waals surface area contributed by atoms with Gasteiger partial charge in [-0.05, 0) is 36.4 Å². The van der Waals surface area contributed by atoms with Crippen molar-refractivity contribution in [3.05, 3.63) is 93.1 Å². The van der Waals surface area contributed by atoms with Gasteiger partial charge in [-0.2, -0.15) is 5.26 Å². The number of hydrogen-bond acceptors (Lipinski definition) is 5.